The number of unbranched alkanes of at least 4 members (excludes halogenated alkanes) is 2. The first kappa shape index (κ1) is 23.9. The van der Waals surface area contributed by atoms with E-state index in [0.29, 0.717) is 0 Å². The Morgan fingerprint density at radius 3 is 1.97 bits per heavy atom. The van der Waals surface area contributed by atoms with E-state index in [-0.39, 0.29) is 0 Å². The van der Waals surface area contributed by atoms with Crippen LogP contribution in [-0.4, -0.2) is 33.0 Å². The molecule has 0 saturated heterocycles. The van der Waals surface area contributed by atoms with Gasteiger partial charge in [0, 0.05) is 13.1 Å². The maximum Gasteiger partial charge on any atom is 0.113 e. The lowest BCUT2D eigenvalue weighted by Crippen LogP contribution is -2.31. The second kappa shape index (κ2) is 13.7. The third-order valence-electron chi connectivity index (χ3n) is 6.55. The molecule has 1 aromatic heterocycles. The first-order chi connectivity index (χ1) is 14.2. The number of fused-ring (bicyclic) bond motifs is 1. The van der Waals surface area contributed by atoms with Gasteiger partial charge in [0.2, 0.25) is 0 Å². The molecule has 2 aromatic rings. The quantitative estimate of drug-likeness (QED) is 0.307. The number of aromatic nitrogens is 3. The van der Waals surface area contributed by atoms with Crippen LogP contribution in [-0.2, 0) is 6.67 Å². The normalized spacial score (nSPS) is 14.0. The first-order valence-corrected chi connectivity index (χ1v) is 12.2. The molecule has 0 fully saturated rings. The van der Waals surface area contributed by atoms with Gasteiger partial charge in [-0.25, -0.2) is 4.68 Å². The molecule has 0 aliphatic rings. The zero-order valence-corrected chi connectivity index (χ0v) is 19.4. The van der Waals surface area contributed by atoms with Crippen molar-refractivity contribution < 1.29 is 0 Å². The van der Waals surface area contributed by atoms with Gasteiger partial charge in [-0.05, 0) is 36.8 Å². The minimum atomic E-state index is 0.854. The number of nitrogens with zero attached hydrogens (tertiary/aromatic N) is 4. The molecule has 1 aromatic carbocycles. The average Bonchev–Trinajstić information content (AvgIpc) is 3.16. The highest BCUT2D eigenvalue weighted by Crippen LogP contribution is 2.21. The molecular formula is C25H44N4. The van der Waals surface area contributed by atoms with Crippen molar-refractivity contribution in [3.05, 3.63) is 24.3 Å². The molecule has 1 heterocycles. The van der Waals surface area contributed by atoms with Gasteiger partial charge in [-0.1, -0.05) is 96.4 Å². The van der Waals surface area contributed by atoms with Crippen molar-refractivity contribution in [2.75, 3.05) is 13.1 Å². The Labute approximate surface area is 179 Å². The van der Waals surface area contributed by atoms with Crippen molar-refractivity contribution >= 4 is 11.0 Å². The van der Waals surface area contributed by atoms with Crippen LogP contribution in [0.25, 0.3) is 11.0 Å². The molecule has 0 aliphatic carbocycles. The fourth-order valence-electron chi connectivity index (χ4n) is 4.29. The van der Waals surface area contributed by atoms with Gasteiger partial charge in [-0.15, -0.1) is 5.10 Å². The summed E-state index contributed by atoms with van der Waals surface area (Å²) in [4.78, 5) is 2.63. The zero-order chi connectivity index (χ0) is 20.9. The summed E-state index contributed by atoms with van der Waals surface area (Å²) in [6.45, 7) is 12.5. The average molecular weight is 401 g/mol. The van der Waals surface area contributed by atoms with Crippen LogP contribution in [0.2, 0.25) is 0 Å². The van der Waals surface area contributed by atoms with Crippen LogP contribution >= 0.6 is 0 Å². The molecule has 0 spiro atoms. The van der Waals surface area contributed by atoms with E-state index < -0.39 is 0 Å². The van der Waals surface area contributed by atoms with Crippen LogP contribution in [0.4, 0.5) is 0 Å². The second-order valence-corrected chi connectivity index (χ2v) is 8.75. The maximum absolute atomic E-state index is 4.45. The fraction of sp³-hybridized carbons (Fsp3) is 0.760. The molecular weight excluding hydrogens is 356 g/mol. The van der Waals surface area contributed by atoms with Gasteiger partial charge in [-0.2, -0.15) is 0 Å². The number of rotatable bonds is 16. The minimum Gasteiger partial charge on any atom is -0.284 e. The Balaban J connectivity index is 2.01. The van der Waals surface area contributed by atoms with E-state index in [4.69, 9.17) is 0 Å². The molecule has 0 bridgehead atoms. The number of para-hydroxylation sites is 1. The second-order valence-electron chi connectivity index (χ2n) is 8.75. The van der Waals surface area contributed by atoms with E-state index in [0.717, 1.165) is 29.5 Å². The molecule has 29 heavy (non-hydrogen) atoms. The Morgan fingerprint density at radius 1 is 0.828 bits per heavy atom. The van der Waals surface area contributed by atoms with Crippen molar-refractivity contribution in [3.8, 4) is 0 Å². The van der Waals surface area contributed by atoms with Crippen molar-refractivity contribution in [2.45, 2.75) is 98.6 Å². The lowest BCUT2D eigenvalue weighted by atomic mass is 9.94. The predicted octanol–water partition coefficient (Wildman–Crippen LogP) is 6.90. The monoisotopic (exact) mass is 400 g/mol. The van der Waals surface area contributed by atoms with E-state index in [9.17, 15) is 0 Å². The molecule has 0 N–H and O–H groups in total. The highest BCUT2D eigenvalue weighted by Gasteiger charge is 2.15. The third kappa shape index (κ3) is 8.08. The summed E-state index contributed by atoms with van der Waals surface area (Å²) < 4.78 is 2.09. The van der Waals surface area contributed by atoms with Crippen molar-refractivity contribution in [1.29, 1.82) is 0 Å². The SMILES string of the molecule is CCCCC(CC)CCN(CCC(CC)CCCC)Cn1nnc2ccccc21. The van der Waals surface area contributed by atoms with Gasteiger partial charge in [-0.3, -0.25) is 4.90 Å². The lowest BCUT2D eigenvalue weighted by molar-refractivity contribution is 0.175. The van der Waals surface area contributed by atoms with E-state index in [1.807, 2.05) is 6.07 Å². The predicted molar refractivity (Wildman–Crippen MR) is 125 cm³/mol. The van der Waals surface area contributed by atoms with Crippen LogP contribution in [0.1, 0.15) is 91.9 Å². The summed E-state index contributed by atoms with van der Waals surface area (Å²) in [6.07, 6.45) is 13.3. The summed E-state index contributed by atoms with van der Waals surface area (Å²) in [5.74, 6) is 1.71. The molecule has 0 radical (unpaired) electrons. The van der Waals surface area contributed by atoms with Crippen LogP contribution in [0.3, 0.4) is 0 Å². The standard InChI is InChI=1S/C25H44N4/c1-5-9-13-22(7-3)17-19-28(20-18-23(8-4)14-10-6-2)21-29-25-16-12-11-15-24(25)26-27-29/h11-12,15-16,22-23H,5-10,13-14,17-21H2,1-4H3. The molecule has 2 unspecified atom stereocenters. The fourth-order valence-corrected chi connectivity index (χ4v) is 4.29. The van der Waals surface area contributed by atoms with Crippen LogP contribution < -0.4 is 0 Å². The Morgan fingerprint density at radius 2 is 1.41 bits per heavy atom. The largest absolute Gasteiger partial charge is 0.284 e. The summed E-state index contributed by atoms with van der Waals surface area (Å²) in [6, 6.07) is 8.32. The van der Waals surface area contributed by atoms with Crippen molar-refractivity contribution in [3.63, 3.8) is 0 Å². The summed E-state index contributed by atoms with van der Waals surface area (Å²) in [5.41, 5.74) is 2.14. The van der Waals surface area contributed by atoms with Gasteiger partial charge in [0.1, 0.15) is 5.52 Å². The molecule has 164 valence electrons. The summed E-state index contributed by atoms with van der Waals surface area (Å²) in [7, 11) is 0. The number of hydrogen-bond acceptors (Lipinski definition) is 3. The molecule has 0 amide bonds. The number of benzene rings is 1. The summed E-state index contributed by atoms with van der Waals surface area (Å²) in [5, 5.41) is 8.82. The number of hydrogen-bond donors (Lipinski definition) is 0. The molecule has 0 saturated carbocycles. The van der Waals surface area contributed by atoms with Gasteiger partial charge in [0.25, 0.3) is 0 Å². The van der Waals surface area contributed by atoms with Crippen LogP contribution in [0.15, 0.2) is 24.3 Å². The molecule has 2 rings (SSSR count). The Kier molecular flexibility index (Phi) is 11.3. The summed E-state index contributed by atoms with van der Waals surface area (Å²) >= 11 is 0. The third-order valence-corrected chi connectivity index (χ3v) is 6.55. The minimum absolute atomic E-state index is 0.854. The Bertz CT molecular complexity index is 646. The van der Waals surface area contributed by atoms with Gasteiger partial charge >= 0.3 is 0 Å². The first-order valence-electron chi connectivity index (χ1n) is 12.2. The molecule has 4 heteroatoms. The Hall–Kier alpha value is -1.42. The molecule has 0 aliphatic heterocycles. The van der Waals surface area contributed by atoms with Crippen LogP contribution in [0.5, 0.6) is 0 Å². The highest BCUT2D eigenvalue weighted by atomic mass is 15.5. The molecule has 2 atom stereocenters. The van der Waals surface area contributed by atoms with E-state index in [1.54, 1.807) is 0 Å². The smallest absolute Gasteiger partial charge is 0.113 e. The lowest BCUT2D eigenvalue weighted by Gasteiger charge is -2.26. The van der Waals surface area contributed by atoms with Crippen molar-refractivity contribution in [1.82, 2.24) is 19.9 Å². The van der Waals surface area contributed by atoms with E-state index >= 15 is 0 Å². The van der Waals surface area contributed by atoms with Gasteiger partial charge in [0.15, 0.2) is 0 Å². The molecule has 4 nitrogen and oxygen atoms in total. The van der Waals surface area contributed by atoms with E-state index in [1.165, 1.54) is 77.3 Å². The van der Waals surface area contributed by atoms with Gasteiger partial charge in [0.05, 0.1) is 12.2 Å². The van der Waals surface area contributed by atoms with Crippen LogP contribution in [0, 0.1) is 11.8 Å². The van der Waals surface area contributed by atoms with Gasteiger partial charge < -0.3 is 0 Å². The maximum atomic E-state index is 4.45. The highest BCUT2D eigenvalue weighted by molar-refractivity contribution is 5.73. The van der Waals surface area contributed by atoms with Crippen molar-refractivity contribution in [2.24, 2.45) is 11.8 Å². The van der Waals surface area contributed by atoms with E-state index in [2.05, 4.69) is 65.8 Å². The topological polar surface area (TPSA) is 34.0 Å². The zero-order valence-electron chi connectivity index (χ0n) is 19.4.